The van der Waals surface area contributed by atoms with Crippen LogP contribution in [0, 0.1) is 0 Å². The maximum Gasteiger partial charge on any atom is 0.0619 e. The first-order valence-electron chi connectivity index (χ1n) is 6.83. The lowest BCUT2D eigenvalue weighted by Gasteiger charge is -2.22. The minimum atomic E-state index is 0.440. The van der Waals surface area contributed by atoms with Crippen molar-refractivity contribution in [3.8, 4) is 0 Å². The van der Waals surface area contributed by atoms with Gasteiger partial charge in [0, 0.05) is 19.8 Å². The van der Waals surface area contributed by atoms with Crippen molar-refractivity contribution in [2.75, 3.05) is 32.9 Å². The van der Waals surface area contributed by atoms with E-state index in [-0.39, 0.29) is 0 Å². The lowest BCUT2D eigenvalue weighted by Crippen LogP contribution is -2.28. The third-order valence-electron chi connectivity index (χ3n) is 3.01. The lowest BCUT2D eigenvalue weighted by atomic mass is 10.2. The Balaban J connectivity index is 1.77. The summed E-state index contributed by atoms with van der Waals surface area (Å²) in [5.74, 6) is 0. The van der Waals surface area contributed by atoms with Gasteiger partial charge in [-0.2, -0.15) is 0 Å². The van der Waals surface area contributed by atoms with Crippen LogP contribution in [0.2, 0.25) is 0 Å². The maximum absolute atomic E-state index is 5.77. The van der Waals surface area contributed by atoms with Crippen molar-refractivity contribution in [2.45, 2.75) is 51.6 Å². The molecule has 0 unspecified atom stereocenters. The molecule has 0 bridgehead atoms. The van der Waals surface area contributed by atoms with Gasteiger partial charge in [-0.1, -0.05) is 26.2 Å². The molecule has 0 aromatic heterocycles. The molecule has 1 aliphatic heterocycles. The van der Waals surface area contributed by atoms with E-state index in [2.05, 4.69) is 12.2 Å². The molecule has 0 aromatic carbocycles. The third-order valence-corrected chi connectivity index (χ3v) is 3.01. The molecule has 0 amide bonds. The number of hydrogen-bond donors (Lipinski definition) is 1. The summed E-state index contributed by atoms with van der Waals surface area (Å²) in [6, 6.07) is 0. The Labute approximate surface area is 99.9 Å². The minimum absolute atomic E-state index is 0.440. The number of nitrogens with one attached hydrogen (secondary N) is 1. The first-order chi connectivity index (χ1) is 7.93. The van der Waals surface area contributed by atoms with Gasteiger partial charge in [0.05, 0.1) is 12.7 Å². The van der Waals surface area contributed by atoms with Gasteiger partial charge in [0.15, 0.2) is 0 Å². The van der Waals surface area contributed by atoms with Crippen LogP contribution in [0.25, 0.3) is 0 Å². The summed E-state index contributed by atoms with van der Waals surface area (Å²) < 4.78 is 11.1. The van der Waals surface area contributed by atoms with Crippen LogP contribution in [0.1, 0.15) is 45.4 Å². The Morgan fingerprint density at radius 1 is 1.12 bits per heavy atom. The van der Waals surface area contributed by atoms with Crippen LogP contribution < -0.4 is 5.32 Å². The monoisotopic (exact) mass is 229 g/mol. The van der Waals surface area contributed by atoms with E-state index in [9.17, 15) is 0 Å². The normalized spacial score (nSPS) is 17.8. The summed E-state index contributed by atoms with van der Waals surface area (Å²) in [7, 11) is 0. The van der Waals surface area contributed by atoms with Gasteiger partial charge in [-0.3, -0.25) is 0 Å². The highest BCUT2D eigenvalue weighted by Gasteiger charge is 2.13. The van der Waals surface area contributed by atoms with Crippen molar-refractivity contribution < 1.29 is 9.47 Å². The number of hydrogen-bond acceptors (Lipinski definition) is 3. The summed E-state index contributed by atoms with van der Waals surface area (Å²) in [6.45, 7) is 6.96. The molecule has 0 aromatic rings. The van der Waals surface area contributed by atoms with Crippen LogP contribution in [0.4, 0.5) is 0 Å². The van der Waals surface area contributed by atoms with E-state index in [1.807, 2.05) is 0 Å². The van der Waals surface area contributed by atoms with E-state index in [1.165, 1.54) is 25.7 Å². The van der Waals surface area contributed by atoms with Crippen LogP contribution in [0.15, 0.2) is 0 Å². The van der Waals surface area contributed by atoms with Gasteiger partial charge in [0.2, 0.25) is 0 Å². The molecule has 1 saturated heterocycles. The predicted molar refractivity (Wildman–Crippen MR) is 66.8 cm³/mol. The second kappa shape index (κ2) is 10.1. The zero-order valence-corrected chi connectivity index (χ0v) is 10.7. The van der Waals surface area contributed by atoms with E-state index >= 15 is 0 Å². The highest BCUT2D eigenvalue weighted by Crippen LogP contribution is 2.09. The quantitative estimate of drug-likeness (QED) is 0.616. The molecule has 0 atom stereocenters. The molecule has 0 saturated carbocycles. The van der Waals surface area contributed by atoms with Gasteiger partial charge in [-0.25, -0.2) is 0 Å². The highest BCUT2D eigenvalue weighted by molar-refractivity contribution is 4.62. The largest absolute Gasteiger partial charge is 0.381 e. The van der Waals surface area contributed by atoms with Crippen molar-refractivity contribution in [1.29, 1.82) is 0 Å². The molecule has 16 heavy (non-hydrogen) atoms. The van der Waals surface area contributed by atoms with Crippen molar-refractivity contribution in [3.63, 3.8) is 0 Å². The van der Waals surface area contributed by atoms with Crippen molar-refractivity contribution in [1.82, 2.24) is 5.32 Å². The van der Waals surface area contributed by atoms with Crippen molar-refractivity contribution in [2.24, 2.45) is 0 Å². The molecule has 96 valence electrons. The van der Waals surface area contributed by atoms with Crippen LogP contribution >= 0.6 is 0 Å². The van der Waals surface area contributed by atoms with Gasteiger partial charge in [0.25, 0.3) is 0 Å². The fourth-order valence-electron chi connectivity index (χ4n) is 1.94. The Morgan fingerprint density at radius 2 is 1.94 bits per heavy atom. The van der Waals surface area contributed by atoms with Gasteiger partial charge in [0.1, 0.15) is 0 Å². The molecule has 1 N–H and O–H groups in total. The second-order valence-electron chi connectivity index (χ2n) is 4.49. The molecular formula is C13H27NO2. The lowest BCUT2D eigenvalue weighted by molar-refractivity contribution is -0.0304. The van der Waals surface area contributed by atoms with Gasteiger partial charge in [-0.15, -0.1) is 0 Å². The average Bonchev–Trinajstić information content (AvgIpc) is 2.34. The Morgan fingerprint density at radius 3 is 2.69 bits per heavy atom. The van der Waals surface area contributed by atoms with Gasteiger partial charge < -0.3 is 14.8 Å². The molecule has 1 fully saturated rings. The van der Waals surface area contributed by atoms with E-state index < -0.39 is 0 Å². The van der Waals surface area contributed by atoms with E-state index in [1.54, 1.807) is 0 Å². The highest BCUT2D eigenvalue weighted by atomic mass is 16.5. The smallest absolute Gasteiger partial charge is 0.0619 e. The number of ether oxygens (including phenoxy) is 2. The minimum Gasteiger partial charge on any atom is -0.381 e. The molecule has 1 aliphatic rings. The summed E-state index contributed by atoms with van der Waals surface area (Å²) in [5, 5.41) is 3.43. The fourth-order valence-corrected chi connectivity index (χ4v) is 1.94. The molecular weight excluding hydrogens is 202 g/mol. The Kier molecular flexibility index (Phi) is 8.77. The molecule has 0 spiro atoms. The predicted octanol–water partition coefficient (Wildman–Crippen LogP) is 2.35. The summed E-state index contributed by atoms with van der Waals surface area (Å²) in [6.07, 6.45) is 7.89. The van der Waals surface area contributed by atoms with Gasteiger partial charge >= 0.3 is 0 Å². The number of rotatable bonds is 9. The summed E-state index contributed by atoms with van der Waals surface area (Å²) in [5.41, 5.74) is 0. The van der Waals surface area contributed by atoms with Crippen molar-refractivity contribution in [3.05, 3.63) is 0 Å². The summed E-state index contributed by atoms with van der Waals surface area (Å²) in [4.78, 5) is 0. The SMILES string of the molecule is CCCCCCNCCOC1CCOCC1. The molecule has 0 aliphatic carbocycles. The standard InChI is InChI=1S/C13H27NO2/c1-2-3-4-5-8-14-9-12-16-13-6-10-15-11-7-13/h13-14H,2-12H2,1H3. The molecule has 3 nitrogen and oxygen atoms in total. The zero-order chi connectivity index (χ0) is 11.5. The fraction of sp³-hybridized carbons (Fsp3) is 1.00. The van der Waals surface area contributed by atoms with Gasteiger partial charge in [-0.05, 0) is 25.8 Å². The third kappa shape index (κ3) is 7.20. The first kappa shape index (κ1) is 13.9. The Bertz CT molecular complexity index is 147. The van der Waals surface area contributed by atoms with Crippen LogP contribution in [0.5, 0.6) is 0 Å². The average molecular weight is 229 g/mol. The number of unbranched alkanes of at least 4 members (excludes halogenated alkanes) is 3. The van der Waals surface area contributed by atoms with Crippen LogP contribution in [-0.2, 0) is 9.47 Å². The first-order valence-corrected chi connectivity index (χ1v) is 6.83. The molecule has 0 radical (unpaired) electrons. The summed E-state index contributed by atoms with van der Waals surface area (Å²) >= 11 is 0. The second-order valence-corrected chi connectivity index (χ2v) is 4.49. The molecule has 1 rings (SSSR count). The van der Waals surface area contributed by atoms with E-state index in [0.717, 1.165) is 45.8 Å². The zero-order valence-electron chi connectivity index (χ0n) is 10.7. The van der Waals surface area contributed by atoms with Crippen molar-refractivity contribution >= 4 is 0 Å². The van der Waals surface area contributed by atoms with E-state index in [4.69, 9.17) is 9.47 Å². The van der Waals surface area contributed by atoms with Crippen LogP contribution in [0.3, 0.4) is 0 Å². The molecule has 1 heterocycles. The topological polar surface area (TPSA) is 30.5 Å². The maximum atomic E-state index is 5.77. The Hall–Kier alpha value is -0.120. The van der Waals surface area contributed by atoms with Crippen LogP contribution in [-0.4, -0.2) is 39.0 Å². The van der Waals surface area contributed by atoms with E-state index in [0.29, 0.717) is 6.10 Å². The molecule has 3 heteroatoms.